The fourth-order valence-electron chi connectivity index (χ4n) is 1.65. The first-order chi connectivity index (χ1) is 11.3. The van der Waals surface area contributed by atoms with Crippen LogP contribution in [0.4, 0.5) is 0 Å². The molecule has 1 aromatic rings. The zero-order valence-corrected chi connectivity index (χ0v) is 16.9. The van der Waals surface area contributed by atoms with Gasteiger partial charge in [0.2, 0.25) is 0 Å². The molecule has 0 aliphatic heterocycles. The second kappa shape index (κ2) is 10.7. The predicted octanol–water partition coefficient (Wildman–Crippen LogP) is 4.61. The number of nitrogens with two attached hydrogens (primary N) is 1. The molecular formula is C17H25BrClN3O2. The van der Waals surface area contributed by atoms with Crippen molar-refractivity contribution >= 4 is 39.4 Å². The molecule has 0 radical (unpaired) electrons. The first-order valence-corrected chi connectivity index (χ1v) is 9.05. The van der Waals surface area contributed by atoms with Gasteiger partial charge in [-0.3, -0.25) is 0 Å². The van der Waals surface area contributed by atoms with Gasteiger partial charge >= 0.3 is 6.02 Å². The Kier molecular flexibility index (Phi) is 9.33. The number of benzene rings is 1. The van der Waals surface area contributed by atoms with E-state index in [1.54, 1.807) is 12.1 Å². The molecule has 1 rings (SSSR count). The first kappa shape index (κ1) is 20.9. The van der Waals surface area contributed by atoms with Crippen LogP contribution >= 0.6 is 27.5 Å². The predicted molar refractivity (Wildman–Crippen MR) is 104 cm³/mol. The molecule has 2 N–H and O–H groups in total. The molecule has 1 aromatic carbocycles. The van der Waals surface area contributed by atoms with E-state index in [9.17, 15) is 0 Å². The smallest absolute Gasteiger partial charge is 0.316 e. The molecule has 0 fully saturated rings. The maximum Gasteiger partial charge on any atom is 0.316 e. The minimum Gasteiger partial charge on any atom is -0.461 e. The summed E-state index contributed by atoms with van der Waals surface area (Å²) in [6.45, 7) is 8.91. The van der Waals surface area contributed by atoms with Crippen LogP contribution in [0.3, 0.4) is 0 Å². The molecule has 0 spiro atoms. The maximum atomic E-state index is 6.19. The molecule has 0 heterocycles. The molecule has 0 saturated carbocycles. The highest BCUT2D eigenvalue weighted by molar-refractivity contribution is 9.10. The Morgan fingerprint density at radius 2 is 2.00 bits per heavy atom. The van der Waals surface area contributed by atoms with E-state index >= 15 is 0 Å². The third-order valence-electron chi connectivity index (χ3n) is 2.89. The quantitative estimate of drug-likeness (QED) is 0.399. The highest BCUT2D eigenvalue weighted by Gasteiger charge is 2.09. The molecule has 7 heteroatoms. The summed E-state index contributed by atoms with van der Waals surface area (Å²) >= 11 is 9.55. The molecule has 0 atom stereocenters. The molecule has 0 aromatic heterocycles. The molecule has 134 valence electrons. The van der Waals surface area contributed by atoms with Gasteiger partial charge in [-0.1, -0.05) is 41.4 Å². The summed E-state index contributed by atoms with van der Waals surface area (Å²) in [4.78, 5) is 8.48. The van der Waals surface area contributed by atoms with Gasteiger partial charge in [-0.05, 0) is 44.4 Å². The van der Waals surface area contributed by atoms with Crippen LogP contribution in [0, 0.1) is 5.92 Å². The monoisotopic (exact) mass is 417 g/mol. The minimum atomic E-state index is -0.0728. The summed E-state index contributed by atoms with van der Waals surface area (Å²) in [7, 11) is 0. The summed E-state index contributed by atoms with van der Waals surface area (Å²) in [5.74, 6) is 0.836. The van der Waals surface area contributed by atoms with Crippen LogP contribution in [0.2, 0.25) is 5.02 Å². The van der Waals surface area contributed by atoms with E-state index in [0.717, 1.165) is 10.9 Å². The van der Waals surface area contributed by atoms with E-state index in [2.05, 4.69) is 39.8 Å². The zero-order chi connectivity index (χ0) is 18.1. The summed E-state index contributed by atoms with van der Waals surface area (Å²) in [6.07, 6.45) is 0.909. The standard InChI is InChI=1S/C17H25BrClN3O2/c1-11(2)7-8-23-10-21-17(24-12(3)4)22-16(20)14-6-5-13(18)9-15(14)19/h5-6,9,11-12H,7-8,10H2,1-4H3,(H2,20,21,22). The highest BCUT2D eigenvalue weighted by Crippen LogP contribution is 2.21. The molecule has 0 saturated heterocycles. The topological polar surface area (TPSA) is 69.2 Å². The van der Waals surface area contributed by atoms with Crippen molar-refractivity contribution in [2.45, 2.75) is 40.2 Å². The molecule has 0 aliphatic rings. The van der Waals surface area contributed by atoms with Gasteiger partial charge in [-0.2, -0.15) is 4.99 Å². The lowest BCUT2D eigenvalue weighted by Gasteiger charge is -2.11. The van der Waals surface area contributed by atoms with E-state index in [1.807, 2.05) is 19.9 Å². The van der Waals surface area contributed by atoms with Crippen LogP contribution in [-0.2, 0) is 9.47 Å². The summed E-state index contributed by atoms with van der Waals surface area (Å²) in [5, 5.41) is 0.503. The Hall–Kier alpha value is -1.11. The van der Waals surface area contributed by atoms with Crippen LogP contribution in [0.15, 0.2) is 32.7 Å². The molecular weight excluding hydrogens is 394 g/mol. The fourth-order valence-corrected chi connectivity index (χ4v) is 2.42. The number of halogens is 2. The van der Waals surface area contributed by atoms with Crippen molar-refractivity contribution in [3.8, 4) is 0 Å². The second-order valence-electron chi connectivity index (χ2n) is 5.95. The van der Waals surface area contributed by atoms with E-state index in [0.29, 0.717) is 23.1 Å². The molecule has 5 nitrogen and oxygen atoms in total. The molecule has 24 heavy (non-hydrogen) atoms. The molecule has 0 bridgehead atoms. The summed E-state index contributed by atoms with van der Waals surface area (Å²) in [6, 6.07) is 5.58. The van der Waals surface area contributed by atoms with E-state index in [1.165, 1.54) is 0 Å². The number of rotatable bonds is 7. The van der Waals surface area contributed by atoms with Gasteiger partial charge in [0.05, 0.1) is 11.1 Å². The van der Waals surface area contributed by atoms with Gasteiger partial charge in [0.1, 0.15) is 12.6 Å². The zero-order valence-electron chi connectivity index (χ0n) is 14.6. The number of hydrogen-bond acceptors (Lipinski definition) is 3. The van der Waals surface area contributed by atoms with Crippen molar-refractivity contribution in [2.24, 2.45) is 21.6 Å². The number of amidine groups is 2. The van der Waals surface area contributed by atoms with Crippen LogP contribution < -0.4 is 5.73 Å². The third kappa shape index (κ3) is 8.13. The van der Waals surface area contributed by atoms with Crippen molar-refractivity contribution < 1.29 is 9.47 Å². The SMILES string of the molecule is CC(C)CCOCN=C(N=C(N)c1ccc(Br)cc1Cl)OC(C)C. The van der Waals surface area contributed by atoms with Gasteiger partial charge in [0, 0.05) is 16.6 Å². The Morgan fingerprint density at radius 1 is 1.29 bits per heavy atom. The molecule has 0 amide bonds. The van der Waals surface area contributed by atoms with Crippen molar-refractivity contribution in [1.29, 1.82) is 0 Å². The molecule has 0 aliphatic carbocycles. The highest BCUT2D eigenvalue weighted by atomic mass is 79.9. The van der Waals surface area contributed by atoms with E-state index in [-0.39, 0.29) is 24.7 Å². The number of ether oxygens (including phenoxy) is 2. The lowest BCUT2D eigenvalue weighted by molar-refractivity contribution is 0.127. The van der Waals surface area contributed by atoms with Crippen LogP contribution in [0.25, 0.3) is 0 Å². The van der Waals surface area contributed by atoms with Crippen LogP contribution in [-0.4, -0.2) is 31.3 Å². The summed E-state index contributed by atoms with van der Waals surface area (Å²) in [5.41, 5.74) is 6.67. The van der Waals surface area contributed by atoms with Gasteiger partial charge in [0.25, 0.3) is 0 Å². The lowest BCUT2D eigenvalue weighted by atomic mass is 10.1. The van der Waals surface area contributed by atoms with Crippen molar-refractivity contribution in [3.05, 3.63) is 33.3 Å². The van der Waals surface area contributed by atoms with Gasteiger partial charge < -0.3 is 15.2 Å². The van der Waals surface area contributed by atoms with Crippen molar-refractivity contribution in [1.82, 2.24) is 0 Å². The summed E-state index contributed by atoms with van der Waals surface area (Å²) < 4.78 is 11.9. The average Bonchev–Trinajstić information content (AvgIpc) is 2.45. The Bertz CT molecular complexity index is 589. The van der Waals surface area contributed by atoms with E-state index < -0.39 is 0 Å². The van der Waals surface area contributed by atoms with Crippen LogP contribution in [0.1, 0.15) is 39.7 Å². The fraction of sp³-hybridized carbons (Fsp3) is 0.529. The Morgan fingerprint density at radius 3 is 2.58 bits per heavy atom. The Labute approximate surface area is 157 Å². The van der Waals surface area contributed by atoms with Gasteiger partial charge in [0.15, 0.2) is 0 Å². The van der Waals surface area contributed by atoms with Crippen molar-refractivity contribution in [2.75, 3.05) is 13.3 Å². The van der Waals surface area contributed by atoms with Crippen molar-refractivity contribution in [3.63, 3.8) is 0 Å². The number of hydrogen-bond donors (Lipinski definition) is 1. The average molecular weight is 419 g/mol. The second-order valence-corrected chi connectivity index (χ2v) is 7.27. The van der Waals surface area contributed by atoms with E-state index in [4.69, 9.17) is 26.8 Å². The molecule has 0 unspecified atom stereocenters. The first-order valence-electron chi connectivity index (χ1n) is 7.88. The lowest BCUT2D eigenvalue weighted by Crippen LogP contribution is -2.19. The normalized spacial score (nSPS) is 13.0. The largest absolute Gasteiger partial charge is 0.461 e. The third-order valence-corrected chi connectivity index (χ3v) is 3.70. The minimum absolute atomic E-state index is 0.0728. The van der Waals surface area contributed by atoms with Gasteiger partial charge in [-0.15, -0.1) is 0 Å². The number of nitrogens with zero attached hydrogens (tertiary/aromatic N) is 2. The Balaban J connectivity index is 2.82. The maximum absolute atomic E-state index is 6.19. The van der Waals surface area contributed by atoms with Crippen LogP contribution in [0.5, 0.6) is 0 Å². The number of aliphatic imine (C=N–C) groups is 2. The van der Waals surface area contributed by atoms with Gasteiger partial charge in [-0.25, -0.2) is 4.99 Å².